The molecule has 3 aromatic rings. The molecule has 2 heterocycles. The topological polar surface area (TPSA) is 99.9 Å². The van der Waals surface area contributed by atoms with Crippen LogP contribution in [0.5, 0.6) is 0 Å². The Kier molecular flexibility index (Phi) is 2.84. The van der Waals surface area contributed by atoms with Gasteiger partial charge in [0, 0.05) is 5.38 Å². The molecule has 0 fully saturated rings. The van der Waals surface area contributed by atoms with Crippen molar-refractivity contribution >= 4 is 32.1 Å². The second kappa shape index (κ2) is 4.43. The molecular weight excluding hydrogens is 300 g/mol. The van der Waals surface area contributed by atoms with Crippen molar-refractivity contribution < 1.29 is 8.42 Å². The van der Waals surface area contributed by atoms with E-state index >= 15 is 0 Å². The number of aromatic amines is 2. The second-order valence-corrected chi connectivity index (χ2v) is 6.75. The lowest BCUT2D eigenvalue weighted by molar-refractivity contribution is 0.597. The quantitative estimate of drug-likeness (QED) is 0.740. The van der Waals surface area contributed by atoms with Gasteiger partial charge in [0.15, 0.2) is 0 Å². The third-order valence-corrected chi connectivity index (χ3v) is 5.46. The van der Waals surface area contributed by atoms with E-state index in [1.807, 2.05) is 0 Å². The predicted octanol–water partition coefficient (Wildman–Crippen LogP) is 1.11. The lowest BCUT2D eigenvalue weighted by Crippen LogP contribution is -2.22. The molecule has 2 N–H and O–H groups in total. The zero-order chi connectivity index (χ0) is 14.3. The molecule has 0 radical (unpaired) electrons. The highest BCUT2D eigenvalue weighted by atomic mass is 32.2. The van der Waals surface area contributed by atoms with Crippen molar-refractivity contribution in [1.82, 2.24) is 9.97 Å². The molecule has 0 aliphatic carbocycles. The van der Waals surface area contributed by atoms with Crippen LogP contribution in [0.4, 0.5) is 0 Å². The van der Waals surface area contributed by atoms with Crippen molar-refractivity contribution in [3.05, 3.63) is 55.9 Å². The first-order valence-electron chi connectivity index (χ1n) is 5.53. The fourth-order valence-electron chi connectivity index (χ4n) is 1.92. The van der Waals surface area contributed by atoms with Gasteiger partial charge in [-0.15, -0.1) is 0 Å². The number of aromatic nitrogens is 2. The van der Waals surface area contributed by atoms with Gasteiger partial charge in [-0.1, -0.05) is 6.07 Å². The highest BCUT2D eigenvalue weighted by Gasteiger charge is 2.21. The molecule has 0 unspecified atom stereocenters. The van der Waals surface area contributed by atoms with E-state index in [2.05, 4.69) is 9.97 Å². The van der Waals surface area contributed by atoms with E-state index in [1.165, 1.54) is 41.0 Å². The number of thiophene rings is 1. The van der Waals surface area contributed by atoms with E-state index in [-0.39, 0.29) is 20.7 Å². The molecule has 8 heteroatoms. The first-order chi connectivity index (χ1) is 9.50. The molecule has 102 valence electrons. The van der Waals surface area contributed by atoms with Gasteiger partial charge in [0.05, 0.1) is 20.7 Å². The van der Waals surface area contributed by atoms with Crippen molar-refractivity contribution in [2.24, 2.45) is 0 Å². The number of hydrogen-bond donors (Lipinski definition) is 2. The SMILES string of the molecule is O=c1[nH]c(=O)c2cccc(S(=O)(=O)c3ccsc3)c2[nH]1. The van der Waals surface area contributed by atoms with Gasteiger partial charge < -0.3 is 4.98 Å². The second-order valence-electron chi connectivity index (χ2n) is 4.05. The summed E-state index contributed by atoms with van der Waals surface area (Å²) in [6, 6.07) is 5.76. The Hall–Kier alpha value is -2.19. The Bertz CT molecular complexity index is 998. The molecule has 2 aromatic heterocycles. The van der Waals surface area contributed by atoms with E-state index < -0.39 is 21.1 Å². The largest absolute Gasteiger partial charge is 0.326 e. The van der Waals surface area contributed by atoms with Crippen LogP contribution in [-0.2, 0) is 9.84 Å². The van der Waals surface area contributed by atoms with Gasteiger partial charge in [0.1, 0.15) is 0 Å². The molecule has 0 saturated heterocycles. The number of sulfone groups is 1. The van der Waals surface area contributed by atoms with Crippen LogP contribution in [0.2, 0.25) is 0 Å². The smallest absolute Gasteiger partial charge is 0.306 e. The molecule has 0 aliphatic rings. The zero-order valence-corrected chi connectivity index (χ0v) is 11.5. The molecule has 0 aliphatic heterocycles. The van der Waals surface area contributed by atoms with Gasteiger partial charge in [-0.3, -0.25) is 9.78 Å². The average Bonchev–Trinajstić information content (AvgIpc) is 2.92. The number of H-pyrrole nitrogens is 2. The summed E-state index contributed by atoms with van der Waals surface area (Å²) in [7, 11) is -3.77. The summed E-state index contributed by atoms with van der Waals surface area (Å²) >= 11 is 1.25. The highest BCUT2D eigenvalue weighted by Crippen LogP contribution is 2.26. The molecule has 0 bridgehead atoms. The number of rotatable bonds is 2. The molecule has 6 nitrogen and oxygen atoms in total. The van der Waals surface area contributed by atoms with E-state index in [0.717, 1.165) is 0 Å². The minimum Gasteiger partial charge on any atom is -0.306 e. The van der Waals surface area contributed by atoms with E-state index in [1.54, 1.807) is 5.38 Å². The summed E-state index contributed by atoms with van der Waals surface area (Å²) in [6.45, 7) is 0. The molecule has 3 rings (SSSR count). The van der Waals surface area contributed by atoms with Crippen LogP contribution in [0, 0.1) is 0 Å². The normalized spacial score (nSPS) is 11.8. The Morgan fingerprint density at radius 1 is 1.05 bits per heavy atom. The Morgan fingerprint density at radius 2 is 1.85 bits per heavy atom. The van der Waals surface area contributed by atoms with Crippen molar-refractivity contribution in [2.45, 2.75) is 9.79 Å². The van der Waals surface area contributed by atoms with Crippen LogP contribution >= 0.6 is 11.3 Å². The Morgan fingerprint density at radius 3 is 2.55 bits per heavy atom. The van der Waals surface area contributed by atoms with Crippen molar-refractivity contribution in [1.29, 1.82) is 0 Å². The van der Waals surface area contributed by atoms with Gasteiger partial charge in [0.2, 0.25) is 9.84 Å². The minimum absolute atomic E-state index is 0.0208. The van der Waals surface area contributed by atoms with Gasteiger partial charge in [-0.25, -0.2) is 13.2 Å². The highest BCUT2D eigenvalue weighted by molar-refractivity contribution is 7.91. The average molecular weight is 308 g/mol. The summed E-state index contributed by atoms with van der Waals surface area (Å²) in [4.78, 5) is 27.6. The van der Waals surface area contributed by atoms with Crippen LogP contribution in [-0.4, -0.2) is 18.4 Å². The summed E-state index contributed by atoms with van der Waals surface area (Å²) in [6.07, 6.45) is 0. The van der Waals surface area contributed by atoms with Crippen LogP contribution < -0.4 is 11.2 Å². The number of hydrogen-bond acceptors (Lipinski definition) is 5. The Labute approximate surface area is 116 Å². The van der Waals surface area contributed by atoms with E-state index in [9.17, 15) is 18.0 Å². The summed E-state index contributed by atoms with van der Waals surface area (Å²) < 4.78 is 25.0. The lowest BCUT2D eigenvalue weighted by atomic mass is 10.2. The number of para-hydroxylation sites is 1. The first-order valence-corrected chi connectivity index (χ1v) is 7.95. The molecule has 0 amide bonds. The molecular formula is C12H8N2O4S2. The van der Waals surface area contributed by atoms with Gasteiger partial charge in [0.25, 0.3) is 5.56 Å². The predicted molar refractivity (Wildman–Crippen MR) is 75.0 cm³/mol. The fourth-order valence-corrected chi connectivity index (χ4v) is 4.38. The van der Waals surface area contributed by atoms with E-state index in [4.69, 9.17) is 0 Å². The third-order valence-electron chi connectivity index (χ3n) is 2.83. The van der Waals surface area contributed by atoms with Crippen molar-refractivity contribution in [3.63, 3.8) is 0 Å². The summed E-state index contributed by atoms with van der Waals surface area (Å²) in [5, 5.41) is 3.27. The maximum atomic E-state index is 12.5. The van der Waals surface area contributed by atoms with Crippen molar-refractivity contribution in [2.75, 3.05) is 0 Å². The van der Waals surface area contributed by atoms with Crippen molar-refractivity contribution in [3.8, 4) is 0 Å². The molecule has 1 aromatic carbocycles. The molecule has 20 heavy (non-hydrogen) atoms. The zero-order valence-electron chi connectivity index (χ0n) is 9.91. The van der Waals surface area contributed by atoms with Crippen LogP contribution in [0.1, 0.15) is 0 Å². The Balaban J connectivity index is 2.45. The maximum Gasteiger partial charge on any atom is 0.326 e. The van der Waals surface area contributed by atoms with Crippen LogP contribution in [0.25, 0.3) is 10.9 Å². The fraction of sp³-hybridized carbons (Fsp3) is 0. The third kappa shape index (κ3) is 1.89. The van der Waals surface area contributed by atoms with Gasteiger partial charge >= 0.3 is 5.69 Å². The van der Waals surface area contributed by atoms with Crippen LogP contribution in [0.15, 0.2) is 54.4 Å². The summed E-state index contributed by atoms with van der Waals surface area (Å²) in [5.41, 5.74) is -1.34. The monoisotopic (exact) mass is 308 g/mol. The number of nitrogens with one attached hydrogen (secondary N) is 2. The van der Waals surface area contributed by atoms with Crippen LogP contribution in [0.3, 0.4) is 0 Å². The maximum absolute atomic E-state index is 12.5. The van der Waals surface area contributed by atoms with Gasteiger partial charge in [-0.2, -0.15) is 11.3 Å². The first kappa shape index (κ1) is 12.8. The van der Waals surface area contributed by atoms with E-state index in [0.29, 0.717) is 0 Å². The van der Waals surface area contributed by atoms with Gasteiger partial charge in [-0.05, 0) is 23.6 Å². The standard InChI is InChI=1S/C12H8N2O4S2/c15-11-8-2-1-3-9(10(8)13-12(16)14-11)20(17,18)7-4-5-19-6-7/h1-6H,(H2,13,14,15,16). The minimum atomic E-state index is -3.77. The summed E-state index contributed by atoms with van der Waals surface area (Å²) in [5.74, 6) is 0. The lowest BCUT2D eigenvalue weighted by Gasteiger charge is -2.05. The number of benzene rings is 1. The number of fused-ring (bicyclic) bond motifs is 1. The molecule has 0 saturated carbocycles. The molecule has 0 spiro atoms. The molecule has 0 atom stereocenters.